The summed E-state index contributed by atoms with van der Waals surface area (Å²) >= 11 is 1.27. The van der Waals surface area contributed by atoms with E-state index in [1.807, 2.05) is 0 Å². The lowest BCUT2D eigenvalue weighted by atomic mass is 10.2. The Morgan fingerprint density at radius 2 is 2.05 bits per heavy atom. The summed E-state index contributed by atoms with van der Waals surface area (Å²) in [7, 11) is 0. The summed E-state index contributed by atoms with van der Waals surface area (Å²) in [6.07, 6.45) is 1.96. The number of rotatable bonds is 4. The average Bonchev–Trinajstić information content (AvgIpc) is 3.13. The van der Waals surface area contributed by atoms with Gasteiger partial charge < -0.3 is 4.42 Å². The molecule has 0 saturated heterocycles. The molecular weight excluding hydrogens is 293 g/mol. The summed E-state index contributed by atoms with van der Waals surface area (Å²) in [6.45, 7) is 0. The van der Waals surface area contributed by atoms with Crippen LogP contribution in [0.4, 0.5) is 9.52 Å². The van der Waals surface area contributed by atoms with Crippen molar-refractivity contribution in [3.05, 3.63) is 64.8 Å². The highest BCUT2D eigenvalue weighted by atomic mass is 32.1. The van der Waals surface area contributed by atoms with Crippen LogP contribution in [0, 0.1) is 5.82 Å². The van der Waals surface area contributed by atoms with Gasteiger partial charge in [0.05, 0.1) is 6.26 Å². The van der Waals surface area contributed by atoms with Crippen molar-refractivity contribution in [1.29, 1.82) is 0 Å². The van der Waals surface area contributed by atoms with Gasteiger partial charge in [-0.25, -0.2) is 4.39 Å². The van der Waals surface area contributed by atoms with Crippen molar-refractivity contribution in [2.75, 3.05) is 5.32 Å². The van der Waals surface area contributed by atoms with Crippen molar-refractivity contribution in [1.82, 2.24) is 10.2 Å². The van der Waals surface area contributed by atoms with Crippen LogP contribution in [0.1, 0.15) is 21.1 Å². The van der Waals surface area contributed by atoms with Gasteiger partial charge in [-0.05, 0) is 29.8 Å². The summed E-state index contributed by atoms with van der Waals surface area (Å²) in [5.41, 5.74) is 0.927. The van der Waals surface area contributed by atoms with Gasteiger partial charge in [-0.3, -0.25) is 10.1 Å². The van der Waals surface area contributed by atoms with E-state index in [4.69, 9.17) is 4.42 Å². The lowest BCUT2D eigenvalue weighted by Crippen LogP contribution is -2.10. The molecule has 0 spiro atoms. The van der Waals surface area contributed by atoms with Gasteiger partial charge in [0.15, 0.2) is 5.76 Å². The van der Waals surface area contributed by atoms with Gasteiger partial charge in [0.2, 0.25) is 5.13 Å². The van der Waals surface area contributed by atoms with E-state index in [1.165, 1.54) is 29.7 Å². The van der Waals surface area contributed by atoms with E-state index in [0.29, 0.717) is 11.6 Å². The molecule has 2 aromatic heterocycles. The average molecular weight is 303 g/mol. The van der Waals surface area contributed by atoms with E-state index in [2.05, 4.69) is 15.5 Å². The highest BCUT2D eigenvalue weighted by Gasteiger charge is 2.12. The van der Waals surface area contributed by atoms with Crippen LogP contribution in [0.25, 0.3) is 0 Å². The first-order valence-electron chi connectivity index (χ1n) is 6.12. The van der Waals surface area contributed by atoms with Crippen LogP contribution < -0.4 is 5.32 Å². The molecule has 1 N–H and O–H groups in total. The summed E-state index contributed by atoms with van der Waals surface area (Å²) in [5.74, 6) is -0.433. The van der Waals surface area contributed by atoms with Crippen molar-refractivity contribution >= 4 is 22.4 Å². The van der Waals surface area contributed by atoms with Crippen LogP contribution in [0.2, 0.25) is 0 Å². The maximum atomic E-state index is 12.8. The van der Waals surface area contributed by atoms with Crippen LogP contribution in [0.3, 0.4) is 0 Å². The minimum Gasteiger partial charge on any atom is -0.459 e. The molecule has 2 heterocycles. The van der Waals surface area contributed by atoms with Crippen molar-refractivity contribution in [3.8, 4) is 0 Å². The molecular formula is C14H10FN3O2S. The molecule has 0 saturated carbocycles. The Kier molecular flexibility index (Phi) is 3.74. The lowest BCUT2D eigenvalue weighted by Gasteiger charge is -1.97. The first-order valence-corrected chi connectivity index (χ1v) is 6.94. The van der Waals surface area contributed by atoms with Gasteiger partial charge in [-0.15, -0.1) is 10.2 Å². The molecule has 3 rings (SSSR count). The Bertz CT molecular complexity index is 738. The largest absolute Gasteiger partial charge is 0.459 e. The fourth-order valence-corrected chi connectivity index (χ4v) is 2.49. The Hall–Kier alpha value is -2.54. The number of hydrogen-bond donors (Lipinski definition) is 1. The van der Waals surface area contributed by atoms with Gasteiger partial charge in [-0.2, -0.15) is 0 Å². The second-order valence-corrected chi connectivity index (χ2v) is 5.30. The van der Waals surface area contributed by atoms with E-state index in [0.717, 1.165) is 10.6 Å². The van der Waals surface area contributed by atoms with E-state index in [1.54, 1.807) is 24.3 Å². The number of aromatic nitrogens is 2. The number of anilines is 1. The third-order valence-corrected chi connectivity index (χ3v) is 3.54. The molecule has 0 aliphatic rings. The van der Waals surface area contributed by atoms with E-state index in [9.17, 15) is 9.18 Å². The van der Waals surface area contributed by atoms with Crippen LogP contribution in [0.5, 0.6) is 0 Å². The number of furan rings is 1. The smallest absolute Gasteiger partial charge is 0.293 e. The second kappa shape index (κ2) is 5.84. The van der Waals surface area contributed by atoms with Gasteiger partial charge in [0.1, 0.15) is 10.8 Å². The Morgan fingerprint density at radius 3 is 2.76 bits per heavy atom. The fraction of sp³-hybridized carbons (Fsp3) is 0.0714. The third kappa shape index (κ3) is 3.32. The topological polar surface area (TPSA) is 68.0 Å². The van der Waals surface area contributed by atoms with Gasteiger partial charge >= 0.3 is 0 Å². The number of benzene rings is 1. The molecule has 5 nitrogen and oxygen atoms in total. The summed E-state index contributed by atoms with van der Waals surface area (Å²) in [6, 6.07) is 9.38. The first-order chi connectivity index (χ1) is 10.2. The van der Waals surface area contributed by atoms with Gasteiger partial charge in [0, 0.05) is 6.42 Å². The number of halogens is 1. The van der Waals surface area contributed by atoms with Crippen molar-refractivity contribution in [2.45, 2.75) is 6.42 Å². The van der Waals surface area contributed by atoms with Gasteiger partial charge in [0.25, 0.3) is 5.91 Å². The van der Waals surface area contributed by atoms with Crippen LogP contribution in [-0.2, 0) is 6.42 Å². The maximum Gasteiger partial charge on any atom is 0.293 e. The predicted molar refractivity (Wildman–Crippen MR) is 75.8 cm³/mol. The SMILES string of the molecule is O=C(Nc1nnc(Cc2ccc(F)cc2)s1)c1ccco1. The van der Waals surface area contributed by atoms with Crippen LogP contribution >= 0.6 is 11.3 Å². The van der Waals surface area contributed by atoms with Gasteiger partial charge in [-0.1, -0.05) is 23.5 Å². The predicted octanol–water partition coefficient (Wildman–Crippen LogP) is 3.11. The molecule has 0 unspecified atom stereocenters. The number of hydrogen-bond acceptors (Lipinski definition) is 5. The molecule has 0 fully saturated rings. The lowest BCUT2D eigenvalue weighted by molar-refractivity contribution is 0.0996. The molecule has 1 aromatic carbocycles. The van der Waals surface area contributed by atoms with Crippen LogP contribution in [-0.4, -0.2) is 16.1 Å². The Morgan fingerprint density at radius 1 is 1.24 bits per heavy atom. The van der Waals surface area contributed by atoms with E-state index in [-0.39, 0.29) is 17.5 Å². The van der Waals surface area contributed by atoms with E-state index < -0.39 is 0 Å². The number of carbonyl (C=O) groups excluding carboxylic acids is 1. The zero-order valence-corrected chi connectivity index (χ0v) is 11.6. The quantitative estimate of drug-likeness (QED) is 0.804. The van der Waals surface area contributed by atoms with Crippen molar-refractivity contribution in [2.24, 2.45) is 0 Å². The maximum absolute atomic E-state index is 12.8. The number of nitrogens with zero attached hydrogens (tertiary/aromatic N) is 2. The molecule has 0 aliphatic carbocycles. The second-order valence-electron chi connectivity index (χ2n) is 4.24. The zero-order chi connectivity index (χ0) is 14.7. The monoisotopic (exact) mass is 303 g/mol. The molecule has 106 valence electrons. The molecule has 1 amide bonds. The van der Waals surface area contributed by atoms with Crippen molar-refractivity contribution < 1.29 is 13.6 Å². The number of carbonyl (C=O) groups is 1. The first kappa shape index (κ1) is 13.4. The molecule has 7 heteroatoms. The zero-order valence-electron chi connectivity index (χ0n) is 10.7. The summed E-state index contributed by atoms with van der Waals surface area (Å²) in [5, 5.41) is 11.6. The molecule has 21 heavy (non-hydrogen) atoms. The normalized spacial score (nSPS) is 10.5. The van der Waals surface area contributed by atoms with Crippen LogP contribution in [0.15, 0.2) is 47.1 Å². The number of nitrogens with one attached hydrogen (secondary N) is 1. The third-order valence-electron chi connectivity index (χ3n) is 2.70. The molecule has 0 bridgehead atoms. The summed E-state index contributed by atoms with van der Waals surface area (Å²) < 4.78 is 17.8. The molecule has 0 aliphatic heterocycles. The highest BCUT2D eigenvalue weighted by Crippen LogP contribution is 2.19. The molecule has 0 atom stereocenters. The Labute approximate surface area is 123 Å². The highest BCUT2D eigenvalue weighted by molar-refractivity contribution is 7.15. The fourth-order valence-electron chi connectivity index (χ4n) is 1.72. The van der Waals surface area contributed by atoms with E-state index >= 15 is 0 Å². The standard InChI is InChI=1S/C14H10FN3O2S/c15-10-5-3-9(4-6-10)8-12-17-18-14(21-12)16-13(19)11-2-1-7-20-11/h1-7H,8H2,(H,16,18,19). The molecule has 0 radical (unpaired) electrons. The number of amides is 1. The minimum atomic E-state index is -0.371. The minimum absolute atomic E-state index is 0.213. The Balaban J connectivity index is 1.66. The van der Waals surface area contributed by atoms with Crippen molar-refractivity contribution in [3.63, 3.8) is 0 Å². The summed E-state index contributed by atoms with van der Waals surface area (Å²) in [4.78, 5) is 11.8. The molecule has 3 aromatic rings.